The van der Waals surface area contributed by atoms with E-state index in [1.807, 2.05) is 14.0 Å². The number of nitrogens with zero attached hydrogens (tertiary/aromatic N) is 1. The van der Waals surface area contributed by atoms with Crippen LogP contribution in [-0.2, 0) is 4.79 Å². The van der Waals surface area contributed by atoms with E-state index in [0.29, 0.717) is 6.42 Å². The first-order chi connectivity index (χ1) is 9.39. The molecule has 1 amide bonds. The minimum Gasteiger partial charge on any atom is -0.375 e. The number of hydrogen-bond acceptors (Lipinski definition) is 3. The number of carbonyl (C=O) groups excluding carboxylic acids is 1. The Labute approximate surface area is 122 Å². The highest BCUT2D eigenvalue weighted by Gasteiger charge is 2.30. The summed E-state index contributed by atoms with van der Waals surface area (Å²) >= 11 is 0. The molecular formula is C16H27N3O. The topological polar surface area (TPSA) is 58.4 Å². The van der Waals surface area contributed by atoms with E-state index in [9.17, 15) is 4.79 Å². The van der Waals surface area contributed by atoms with Crippen molar-refractivity contribution in [2.75, 3.05) is 25.0 Å². The average molecular weight is 277 g/mol. The van der Waals surface area contributed by atoms with E-state index in [2.05, 4.69) is 48.3 Å². The van der Waals surface area contributed by atoms with Gasteiger partial charge >= 0.3 is 0 Å². The first-order valence-electron chi connectivity index (χ1n) is 7.22. The van der Waals surface area contributed by atoms with E-state index in [1.165, 1.54) is 5.56 Å². The van der Waals surface area contributed by atoms with E-state index < -0.39 is 5.54 Å². The first kappa shape index (κ1) is 16.5. The van der Waals surface area contributed by atoms with E-state index in [0.717, 1.165) is 25.2 Å². The van der Waals surface area contributed by atoms with Gasteiger partial charge in [-0.25, -0.2) is 0 Å². The first-order valence-corrected chi connectivity index (χ1v) is 7.22. The van der Waals surface area contributed by atoms with Crippen molar-refractivity contribution in [1.29, 1.82) is 0 Å². The molecular weight excluding hydrogens is 250 g/mol. The van der Waals surface area contributed by atoms with Crippen LogP contribution in [0.1, 0.15) is 32.3 Å². The fraction of sp³-hybridized carbons (Fsp3) is 0.562. The summed E-state index contributed by atoms with van der Waals surface area (Å²) in [7, 11) is 2.03. The summed E-state index contributed by atoms with van der Waals surface area (Å²) in [6.07, 6.45) is 1.67. The maximum atomic E-state index is 11.7. The third-order valence-corrected chi connectivity index (χ3v) is 3.73. The van der Waals surface area contributed by atoms with Crippen LogP contribution in [-0.4, -0.2) is 31.6 Å². The standard InChI is InChI=1S/C16H27N3O/c1-5-11-18-16(3,15(17)20)10-12-19(4)14-8-6-13(2)7-9-14/h6-9,18H,5,10-12H2,1-4H3,(H2,17,20). The fourth-order valence-corrected chi connectivity index (χ4v) is 2.02. The predicted octanol–water partition coefficient (Wildman–Crippen LogP) is 2.06. The molecule has 0 aliphatic carbocycles. The van der Waals surface area contributed by atoms with Crippen molar-refractivity contribution in [3.63, 3.8) is 0 Å². The van der Waals surface area contributed by atoms with Crippen LogP contribution in [0, 0.1) is 6.92 Å². The van der Waals surface area contributed by atoms with Gasteiger partial charge in [-0.3, -0.25) is 4.79 Å². The number of amides is 1. The quantitative estimate of drug-likeness (QED) is 0.765. The molecule has 20 heavy (non-hydrogen) atoms. The number of hydrogen-bond donors (Lipinski definition) is 2. The highest BCUT2D eigenvalue weighted by molar-refractivity contribution is 5.84. The lowest BCUT2D eigenvalue weighted by Gasteiger charge is -2.30. The van der Waals surface area contributed by atoms with Gasteiger partial charge < -0.3 is 16.0 Å². The lowest BCUT2D eigenvalue weighted by Crippen LogP contribution is -2.54. The summed E-state index contributed by atoms with van der Waals surface area (Å²) in [4.78, 5) is 13.8. The summed E-state index contributed by atoms with van der Waals surface area (Å²) in [5, 5.41) is 3.26. The van der Waals surface area contributed by atoms with Crippen LogP contribution in [0.15, 0.2) is 24.3 Å². The highest BCUT2D eigenvalue weighted by Crippen LogP contribution is 2.16. The Balaban J connectivity index is 2.62. The van der Waals surface area contributed by atoms with Crippen LogP contribution in [0.2, 0.25) is 0 Å². The third kappa shape index (κ3) is 4.53. The second-order valence-corrected chi connectivity index (χ2v) is 5.63. The monoisotopic (exact) mass is 277 g/mol. The average Bonchev–Trinajstić information content (AvgIpc) is 2.43. The summed E-state index contributed by atoms with van der Waals surface area (Å²) in [6.45, 7) is 7.61. The number of rotatable bonds is 8. The molecule has 1 unspecified atom stereocenters. The zero-order chi connectivity index (χ0) is 15.2. The van der Waals surface area contributed by atoms with Crippen molar-refractivity contribution >= 4 is 11.6 Å². The number of nitrogens with one attached hydrogen (secondary N) is 1. The van der Waals surface area contributed by atoms with Crippen LogP contribution >= 0.6 is 0 Å². The Morgan fingerprint density at radius 2 is 1.95 bits per heavy atom. The molecule has 0 fully saturated rings. The lowest BCUT2D eigenvalue weighted by atomic mass is 9.96. The molecule has 0 aliphatic rings. The van der Waals surface area contributed by atoms with Crippen LogP contribution in [0.3, 0.4) is 0 Å². The van der Waals surface area contributed by atoms with Crippen molar-refractivity contribution in [1.82, 2.24) is 5.32 Å². The Bertz CT molecular complexity index is 430. The number of benzene rings is 1. The zero-order valence-electron chi connectivity index (χ0n) is 13.1. The lowest BCUT2D eigenvalue weighted by molar-refractivity contribution is -0.124. The third-order valence-electron chi connectivity index (χ3n) is 3.73. The normalized spacial score (nSPS) is 13.8. The molecule has 1 aromatic carbocycles. The second-order valence-electron chi connectivity index (χ2n) is 5.63. The smallest absolute Gasteiger partial charge is 0.237 e. The van der Waals surface area contributed by atoms with Gasteiger partial charge in [0.1, 0.15) is 0 Å². The van der Waals surface area contributed by atoms with Crippen molar-refractivity contribution in [2.45, 2.75) is 39.2 Å². The van der Waals surface area contributed by atoms with Gasteiger partial charge in [-0.05, 0) is 45.4 Å². The maximum absolute atomic E-state index is 11.7. The highest BCUT2D eigenvalue weighted by atomic mass is 16.1. The van der Waals surface area contributed by atoms with Gasteiger partial charge in [-0.15, -0.1) is 0 Å². The van der Waals surface area contributed by atoms with Gasteiger partial charge in [0.05, 0.1) is 5.54 Å². The Morgan fingerprint density at radius 3 is 2.45 bits per heavy atom. The number of aryl methyl sites for hydroxylation is 1. The molecule has 1 aromatic rings. The molecule has 0 radical (unpaired) electrons. The van der Waals surface area contributed by atoms with Gasteiger partial charge in [0.25, 0.3) is 0 Å². The molecule has 0 saturated carbocycles. The molecule has 3 N–H and O–H groups in total. The van der Waals surface area contributed by atoms with Crippen LogP contribution in [0.4, 0.5) is 5.69 Å². The van der Waals surface area contributed by atoms with Gasteiger partial charge in [-0.1, -0.05) is 24.6 Å². The summed E-state index contributed by atoms with van der Waals surface area (Å²) in [5.41, 5.74) is 7.29. The minimum absolute atomic E-state index is 0.289. The fourth-order valence-electron chi connectivity index (χ4n) is 2.02. The summed E-state index contributed by atoms with van der Waals surface area (Å²) < 4.78 is 0. The van der Waals surface area contributed by atoms with Gasteiger partial charge in [0.2, 0.25) is 5.91 Å². The van der Waals surface area contributed by atoms with Crippen LogP contribution in [0.5, 0.6) is 0 Å². The molecule has 4 nitrogen and oxygen atoms in total. The van der Waals surface area contributed by atoms with E-state index in [1.54, 1.807) is 0 Å². The number of primary amides is 1. The molecule has 0 saturated heterocycles. The number of carbonyl (C=O) groups is 1. The second kappa shape index (κ2) is 7.29. The molecule has 0 heterocycles. The van der Waals surface area contributed by atoms with Crippen LogP contribution < -0.4 is 16.0 Å². The van der Waals surface area contributed by atoms with Crippen molar-refractivity contribution in [2.24, 2.45) is 5.73 Å². The predicted molar refractivity (Wildman–Crippen MR) is 85.0 cm³/mol. The summed E-state index contributed by atoms with van der Waals surface area (Å²) in [5.74, 6) is -0.289. The van der Waals surface area contributed by atoms with Gasteiger partial charge in [0, 0.05) is 19.3 Å². The molecule has 0 spiro atoms. The molecule has 0 bridgehead atoms. The maximum Gasteiger partial charge on any atom is 0.237 e. The van der Waals surface area contributed by atoms with Gasteiger partial charge in [0.15, 0.2) is 0 Å². The van der Waals surface area contributed by atoms with Gasteiger partial charge in [-0.2, -0.15) is 0 Å². The van der Waals surface area contributed by atoms with E-state index >= 15 is 0 Å². The molecule has 0 aliphatic heterocycles. The Kier molecular flexibility index (Phi) is 6.02. The summed E-state index contributed by atoms with van der Waals surface area (Å²) in [6, 6.07) is 8.37. The largest absolute Gasteiger partial charge is 0.375 e. The molecule has 1 rings (SSSR count). The zero-order valence-corrected chi connectivity index (χ0v) is 13.1. The Hall–Kier alpha value is -1.55. The number of nitrogens with two attached hydrogens (primary N) is 1. The molecule has 0 aromatic heterocycles. The van der Waals surface area contributed by atoms with Crippen molar-refractivity contribution < 1.29 is 4.79 Å². The van der Waals surface area contributed by atoms with Crippen LogP contribution in [0.25, 0.3) is 0 Å². The van der Waals surface area contributed by atoms with E-state index in [4.69, 9.17) is 5.73 Å². The van der Waals surface area contributed by atoms with Crippen molar-refractivity contribution in [3.8, 4) is 0 Å². The molecule has 112 valence electrons. The molecule has 1 atom stereocenters. The van der Waals surface area contributed by atoms with Crippen molar-refractivity contribution in [3.05, 3.63) is 29.8 Å². The van der Waals surface area contributed by atoms with E-state index in [-0.39, 0.29) is 5.91 Å². The SMILES string of the molecule is CCCNC(C)(CCN(C)c1ccc(C)cc1)C(N)=O. The molecule has 4 heteroatoms. The Morgan fingerprint density at radius 1 is 1.35 bits per heavy atom. The number of anilines is 1. The minimum atomic E-state index is -0.644.